The predicted molar refractivity (Wildman–Crippen MR) is 94.6 cm³/mol. The minimum atomic E-state index is -3.36. The molecule has 6 heteroatoms. The Kier molecular flexibility index (Phi) is 5.16. The minimum Gasteiger partial charge on any atom is -0.296 e. The van der Waals surface area contributed by atoms with Gasteiger partial charge in [0, 0.05) is 37.2 Å². The minimum absolute atomic E-state index is 0.376. The molecular weight excluding hydrogens is 376 g/mol. The average Bonchev–Trinajstić information content (AvgIpc) is 2.58. The molecule has 3 rings (SSSR count). The Bertz CT molecular complexity index is 740. The number of nitrogens with zero attached hydrogens (tertiary/aromatic N) is 2. The number of sulfonamides is 1. The Labute approximate surface area is 145 Å². The zero-order valence-electron chi connectivity index (χ0n) is 12.7. The van der Waals surface area contributed by atoms with E-state index in [1.165, 1.54) is 5.56 Å². The van der Waals surface area contributed by atoms with Gasteiger partial charge in [0.2, 0.25) is 10.0 Å². The highest BCUT2D eigenvalue weighted by atomic mass is 79.9. The molecule has 1 heterocycles. The van der Waals surface area contributed by atoms with Crippen LogP contribution in [-0.4, -0.2) is 43.8 Å². The second kappa shape index (κ2) is 7.13. The molecule has 0 N–H and O–H groups in total. The normalized spacial score (nSPS) is 17.3. The van der Waals surface area contributed by atoms with E-state index in [1.807, 2.05) is 18.2 Å². The molecule has 0 radical (unpaired) electrons. The van der Waals surface area contributed by atoms with Crippen molar-refractivity contribution >= 4 is 26.0 Å². The number of benzene rings is 2. The fraction of sp³-hybridized carbons (Fsp3) is 0.294. The molecule has 0 spiro atoms. The molecule has 0 aromatic heterocycles. The monoisotopic (exact) mass is 394 g/mol. The first kappa shape index (κ1) is 16.6. The van der Waals surface area contributed by atoms with Crippen molar-refractivity contribution in [2.75, 3.05) is 26.2 Å². The first-order valence-electron chi connectivity index (χ1n) is 7.58. The molecule has 0 amide bonds. The lowest BCUT2D eigenvalue weighted by atomic mass is 10.2. The smallest absolute Gasteiger partial charge is 0.243 e. The molecule has 0 unspecified atom stereocenters. The third-order valence-electron chi connectivity index (χ3n) is 4.03. The van der Waals surface area contributed by atoms with Gasteiger partial charge in [-0.1, -0.05) is 46.3 Å². The Morgan fingerprint density at radius 1 is 0.870 bits per heavy atom. The van der Waals surface area contributed by atoms with Crippen LogP contribution in [0.4, 0.5) is 0 Å². The lowest BCUT2D eigenvalue weighted by Crippen LogP contribution is -2.48. The fourth-order valence-corrected chi connectivity index (χ4v) is 4.43. The zero-order valence-corrected chi connectivity index (χ0v) is 15.1. The van der Waals surface area contributed by atoms with Gasteiger partial charge in [0.1, 0.15) is 0 Å². The van der Waals surface area contributed by atoms with Crippen molar-refractivity contribution in [1.29, 1.82) is 0 Å². The number of rotatable bonds is 4. The van der Waals surface area contributed by atoms with Gasteiger partial charge in [-0.05, 0) is 29.8 Å². The van der Waals surface area contributed by atoms with Crippen LogP contribution >= 0.6 is 15.9 Å². The molecule has 122 valence electrons. The zero-order chi connectivity index (χ0) is 16.3. The number of piperazine rings is 1. The van der Waals surface area contributed by atoms with E-state index in [-0.39, 0.29) is 0 Å². The van der Waals surface area contributed by atoms with Gasteiger partial charge in [-0.25, -0.2) is 8.42 Å². The summed E-state index contributed by atoms with van der Waals surface area (Å²) in [5.74, 6) is 0. The molecule has 1 fully saturated rings. The lowest BCUT2D eigenvalue weighted by Gasteiger charge is -2.34. The Hall–Kier alpha value is -1.21. The standard InChI is InChI=1S/C17H19BrN2O2S/c18-16-8-6-15(7-9-16)14-19-10-12-20(13-11-19)23(21,22)17-4-2-1-3-5-17/h1-9H,10-14H2. The van der Waals surface area contributed by atoms with E-state index in [4.69, 9.17) is 0 Å². The molecule has 0 saturated carbocycles. The molecule has 1 aliphatic rings. The van der Waals surface area contributed by atoms with Crippen LogP contribution in [-0.2, 0) is 16.6 Å². The molecule has 1 saturated heterocycles. The van der Waals surface area contributed by atoms with Crippen molar-refractivity contribution in [1.82, 2.24) is 9.21 Å². The summed E-state index contributed by atoms with van der Waals surface area (Å²) in [6, 6.07) is 16.9. The van der Waals surface area contributed by atoms with Crippen LogP contribution in [0.25, 0.3) is 0 Å². The summed E-state index contributed by atoms with van der Waals surface area (Å²) in [4.78, 5) is 2.67. The Morgan fingerprint density at radius 2 is 1.48 bits per heavy atom. The number of hydrogen-bond donors (Lipinski definition) is 0. The highest BCUT2D eigenvalue weighted by Crippen LogP contribution is 2.18. The van der Waals surface area contributed by atoms with Gasteiger partial charge >= 0.3 is 0 Å². The van der Waals surface area contributed by atoms with Crippen LogP contribution < -0.4 is 0 Å². The van der Waals surface area contributed by atoms with Crippen molar-refractivity contribution in [3.8, 4) is 0 Å². The quantitative estimate of drug-likeness (QED) is 0.800. The van der Waals surface area contributed by atoms with Gasteiger partial charge in [0.25, 0.3) is 0 Å². The third-order valence-corrected chi connectivity index (χ3v) is 6.47. The summed E-state index contributed by atoms with van der Waals surface area (Å²) in [6.45, 7) is 3.43. The van der Waals surface area contributed by atoms with Gasteiger partial charge in [-0.15, -0.1) is 0 Å². The van der Waals surface area contributed by atoms with E-state index in [0.717, 1.165) is 24.1 Å². The summed E-state index contributed by atoms with van der Waals surface area (Å²) in [7, 11) is -3.36. The molecule has 2 aromatic carbocycles. The van der Waals surface area contributed by atoms with E-state index >= 15 is 0 Å². The number of hydrogen-bond acceptors (Lipinski definition) is 3. The summed E-state index contributed by atoms with van der Waals surface area (Å²) >= 11 is 3.44. The van der Waals surface area contributed by atoms with E-state index in [9.17, 15) is 8.42 Å². The molecule has 2 aromatic rings. The summed E-state index contributed by atoms with van der Waals surface area (Å²) in [6.07, 6.45) is 0. The maximum atomic E-state index is 12.6. The number of halogens is 1. The van der Waals surface area contributed by atoms with Crippen LogP contribution in [0.2, 0.25) is 0 Å². The van der Waals surface area contributed by atoms with Crippen LogP contribution in [0.3, 0.4) is 0 Å². The van der Waals surface area contributed by atoms with E-state index in [0.29, 0.717) is 18.0 Å². The van der Waals surface area contributed by atoms with Crippen LogP contribution in [0.1, 0.15) is 5.56 Å². The largest absolute Gasteiger partial charge is 0.296 e. The Morgan fingerprint density at radius 3 is 2.09 bits per heavy atom. The summed E-state index contributed by atoms with van der Waals surface area (Å²) in [5, 5.41) is 0. The van der Waals surface area contributed by atoms with Crippen molar-refractivity contribution in [2.45, 2.75) is 11.4 Å². The van der Waals surface area contributed by atoms with Gasteiger partial charge in [-0.2, -0.15) is 4.31 Å². The summed E-state index contributed by atoms with van der Waals surface area (Å²) < 4.78 is 27.8. The molecule has 0 atom stereocenters. The maximum absolute atomic E-state index is 12.6. The first-order chi connectivity index (χ1) is 11.1. The Balaban J connectivity index is 1.61. The van der Waals surface area contributed by atoms with Crippen molar-refractivity contribution in [2.24, 2.45) is 0 Å². The fourth-order valence-electron chi connectivity index (χ4n) is 2.72. The van der Waals surface area contributed by atoms with Crippen LogP contribution in [0.5, 0.6) is 0 Å². The van der Waals surface area contributed by atoms with Gasteiger partial charge in [-0.3, -0.25) is 4.90 Å². The van der Waals surface area contributed by atoms with Gasteiger partial charge < -0.3 is 0 Å². The van der Waals surface area contributed by atoms with E-state index in [1.54, 1.807) is 28.6 Å². The van der Waals surface area contributed by atoms with Crippen LogP contribution in [0, 0.1) is 0 Å². The summed E-state index contributed by atoms with van der Waals surface area (Å²) in [5.41, 5.74) is 1.24. The average molecular weight is 395 g/mol. The topological polar surface area (TPSA) is 40.6 Å². The second-order valence-electron chi connectivity index (χ2n) is 5.62. The molecule has 23 heavy (non-hydrogen) atoms. The third kappa shape index (κ3) is 4.01. The SMILES string of the molecule is O=S(=O)(c1ccccc1)N1CCN(Cc2ccc(Br)cc2)CC1. The highest BCUT2D eigenvalue weighted by Gasteiger charge is 2.28. The van der Waals surface area contributed by atoms with Gasteiger partial charge in [0.15, 0.2) is 0 Å². The molecule has 1 aliphatic heterocycles. The van der Waals surface area contributed by atoms with E-state index in [2.05, 4.69) is 33.0 Å². The van der Waals surface area contributed by atoms with Gasteiger partial charge in [0.05, 0.1) is 4.90 Å². The molecule has 0 bridgehead atoms. The highest BCUT2D eigenvalue weighted by molar-refractivity contribution is 9.10. The van der Waals surface area contributed by atoms with E-state index < -0.39 is 10.0 Å². The lowest BCUT2D eigenvalue weighted by molar-refractivity contribution is 0.181. The maximum Gasteiger partial charge on any atom is 0.243 e. The molecule has 4 nitrogen and oxygen atoms in total. The second-order valence-corrected chi connectivity index (χ2v) is 8.47. The van der Waals surface area contributed by atoms with Crippen molar-refractivity contribution in [3.63, 3.8) is 0 Å². The molecular formula is C17H19BrN2O2S. The van der Waals surface area contributed by atoms with Crippen LogP contribution in [0.15, 0.2) is 64.0 Å². The predicted octanol–water partition coefficient (Wildman–Crippen LogP) is 2.96. The van der Waals surface area contributed by atoms with Crippen molar-refractivity contribution < 1.29 is 8.42 Å². The first-order valence-corrected chi connectivity index (χ1v) is 9.81. The molecule has 0 aliphatic carbocycles. The van der Waals surface area contributed by atoms with Crippen molar-refractivity contribution in [3.05, 3.63) is 64.6 Å².